The highest BCUT2D eigenvalue weighted by Crippen LogP contribution is 2.37. The molecule has 0 saturated heterocycles. The Morgan fingerprint density at radius 1 is 0.861 bits per heavy atom. The van der Waals surface area contributed by atoms with Gasteiger partial charge in [-0.1, -0.05) is 71.8 Å². The topological polar surface area (TPSA) is 83.8 Å². The predicted octanol–water partition coefficient (Wildman–Crippen LogP) is 8.86. The molecule has 0 atom stereocenters. The number of pyridine rings is 2. The summed E-state index contributed by atoms with van der Waals surface area (Å²) < 4.78 is 7.07. The van der Waals surface area contributed by atoms with Crippen molar-refractivity contribution in [3.8, 4) is 28.3 Å². The predicted molar refractivity (Wildman–Crippen MR) is 147 cm³/mol. The summed E-state index contributed by atoms with van der Waals surface area (Å²) in [6.07, 6.45) is 0. The van der Waals surface area contributed by atoms with Crippen molar-refractivity contribution < 1.29 is 4.74 Å². The van der Waals surface area contributed by atoms with Crippen molar-refractivity contribution in [2.75, 3.05) is 0 Å². The fourth-order valence-corrected chi connectivity index (χ4v) is 4.57. The van der Waals surface area contributed by atoms with Crippen LogP contribution >= 0.6 is 15.9 Å². The molecule has 0 aliphatic rings. The van der Waals surface area contributed by atoms with Gasteiger partial charge in [0.15, 0.2) is 5.75 Å². The van der Waals surface area contributed by atoms with Gasteiger partial charge in [-0.2, -0.15) is 0 Å². The van der Waals surface area contributed by atoms with E-state index >= 15 is 0 Å². The van der Waals surface area contributed by atoms with Gasteiger partial charge < -0.3 is 4.74 Å². The average molecular weight is 536 g/mol. The van der Waals surface area contributed by atoms with Crippen LogP contribution in [-0.4, -0.2) is 9.97 Å². The average Bonchev–Trinajstić information content (AvgIpc) is 2.90. The van der Waals surface area contributed by atoms with Crippen LogP contribution in [0.25, 0.3) is 43.9 Å². The second-order valence-electron chi connectivity index (χ2n) is 8.39. The van der Waals surface area contributed by atoms with E-state index in [2.05, 4.69) is 26.0 Å². The third-order valence-electron chi connectivity index (χ3n) is 6.12. The van der Waals surface area contributed by atoms with Gasteiger partial charge in [0.05, 0.1) is 15.9 Å². The van der Waals surface area contributed by atoms with E-state index in [1.165, 1.54) is 0 Å². The van der Waals surface area contributed by atoms with Crippen LogP contribution in [0.4, 0.5) is 5.69 Å². The van der Waals surface area contributed by atoms with Crippen molar-refractivity contribution in [1.82, 2.24) is 9.97 Å². The Morgan fingerprint density at radius 2 is 1.61 bits per heavy atom. The molecule has 0 amide bonds. The highest BCUT2D eigenvalue weighted by atomic mass is 79.9. The summed E-state index contributed by atoms with van der Waals surface area (Å²) in [5.74, 6) is 0.691. The zero-order valence-electron chi connectivity index (χ0n) is 19.8. The Kier molecular flexibility index (Phi) is 6.67. The standard InChI is InChI=1S/C29H22BrN5O/c1-18-19(2)32-27(16-23(18)22-10-6-7-11-25(22)34-35-31)26-15-13-21-12-14-24(30)29(28(21)33-26)36-17-20-8-4-3-5-9-20/h3-16H,17H2,1-2H3. The lowest BCUT2D eigenvalue weighted by molar-refractivity contribution is 0.307. The maximum absolute atomic E-state index is 9.03. The molecule has 6 nitrogen and oxygen atoms in total. The third-order valence-corrected chi connectivity index (χ3v) is 6.74. The lowest BCUT2D eigenvalue weighted by Crippen LogP contribution is -1.99. The Labute approximate surface area is 217 Å². The van der Waals surface area contributed by atoms with Crippen LogP contribution in [0.2, 0.25) is 0 Å². The van der Waals surface area contributed by atoms with Crippen molar-refractivity contribution >= 4 is 32.5 Å². The number of halogens is 1. The highest BCUT2D eigenvalue weighted by molar-refractivity contribution is 9.10. The van der Waals surface area contributed by atoms with Crippen LogP contribution in [0.3, 0.4) is 0 Å². The number of aryl methyl sites for hydroxylation is 1. The molecule has 0 N–H and O–H groups in total. The molecule has 2 aromatic heterocycles. The van der Waals surface area contributed by atoms with Crippen molar-refractivity contribution in [2.45, 2.75) is 20.5 Å². The van der Waals surface area contributed by atoms with Gasteiger partial charge in [0.1, 0.15) is 12.1 Å². The Hall–Kier alpha value is -4.19. The van der Waals surface area contributed by atoms with Crippen LogP contribution < -0.4 is 4.74 Å². The Balaban J connectivity index is 1.61. The molecule has 5 rings (SSSR count). The van der Waals surface area contributed by atoms with Gasteiger partial charge in [-0.15, -0.1) is 0 Å². The van der Waals surface area contributed by atoms with E-state index < -0.39 is 0 Å². The number of ether oxygens (including phenoxy) is 1. The SMILES string of the molecule is Cc1nc(-c2ccc3ccc(Br)c(OCc4ccccc4)c3n2)cc(-c2ccccc2N=[N+]=[N-])c1C. The molecule has 0 spiro atoms. The second-order valence-corrected chi connectivity index (χ2v) is 9.25. The zero-order valence-corrected chi connectivity index (χ0v) is 21.4. The van der Waals surface area contributed by atoms with Gasteiger partial charge in [-0.3, -0.25) is 4.98 Å². The van der Waals surface area contributed by atoms with Crippen LogP contribution in [0.1, 0.15) is 16.8 Å². The molecule has 0 saturated carbocycles. The van der Waals surface area contributed by atoms with E-state index in [1.807, 2.05) is 98.8 Å². The summed E-state index contributed by atoms with van der Waals surface area (Å²) in [5, 5.41) is 4.86. The fraction of sp³-hybridized carbons (Fsp3) is 0.103. The van der Waals surface area contributed by atoms with E-state index in [9.17, 15) is 0 Å². The van der Waals surface area contributed by atoms with E-state index in [-0.39, 0.29) is 0 Å². The largest absolute Gasteiger partial charge is 0.485 e. The molecule has 2 heterocycles. The first-order chi connectivity index (χ1) is 17.5. The number of fused-ring (bicyclic) bond motifs is 1. The Bertz CT molecular complexity index is 1630. The lowest BCUT2D eigenvalue weighted by Gasteiger charge is -2.15. The number of nitrogens with zero attached hydrogens (tertiary/aromatic N) is 5. The van der Waals surface area contributed by atoms with Crippen molar-refractivity contribution in [2.24, 2.45) is 5.11 Å². The summed E-state index contributed by atoms with van der Waals surface area (Å²) in [4.78, 5) is 12.8. The molecule has 3 aromatic carbocycles. The van der Waals surface area contributed by atoms with Crippen LogP contribution in [-0.2, 0) is 6.61 Å². The quantitative estimate of drug-likeness (QED) is 0.123. The van der Waals surface area contributed by atoms with Crippen molar-refractivity contribution in [1.29, 1.82) is 0 Å². The van der Waals surface area contributed by atoms with E-state index in [4.69, 9.17) is 20.2 Å². The fourth-order valence-electron chi connectivity index (χ4n) is 4.13. The normalized spacial score (nSPS) is 10.8. The van der Waals surface area contributed by atoms with Gasteiger partial charge >= 0.3 is 0 Å². The van der Waals surface area contributed by atoms with Gasteiger partial charge in [0.25, 0.3) is 0 Å². The van der Waals surface area contributed by atoms with Crippen LogP contribution in [0.15, 0.2) is 94.5 Å². The molecule has 0 aliphatic heterocycles. The van der Waals surface area contributed by atoms with Gasteiger partial charge in [0, 0.05) is 21.7 Å². The van der Waals surface area contributed by atoms with E-state index in [1.54, 1.807) is 0 Å². The first kappa shape index (κ1) is 23.5. The first-order valence-corrected chi connectivity index (χ1v) is 12.2. The lowest BCUT2D eigenvalue weighted by atomic mass is 9.97. The minimum absolute atomic E-state index is 0.437. The first-order valence-electron chi connectivity index (χ1n) is 11.4. The van der Waals surface area contributed by atoms with Crippen molar-refractivity contribution in [3.63, 3.8) is 0 Å². The highest BCUT2D eigenvalue weighted by Gasteiger charge is 2.15. The van der Waals surface area contributed by atoms with Gasteiger partial charge in [-0.25, -0.2) is 4.98 Å². The number of rotatable bonds is 6. The molecule has 0 radical (unpaired) electrons. The van der Waals surface area contributed by atoms with Gasteiger partial charge in [-0.05, 0) is 75.8 Å². The molecule has 36 heavy (non-hydrogen) atoms. The molecule has 0 fully saturated rings. The summed E-state index contributed by atoms with van der Waals surface area (Å²) in [6, 6.07) is 27.6. The summed E-state index contributed by atoms with van der Waals surface area (Å²) >= 11 is 3.64. The second kappa shape index (κ2) is 10.2. The minimum atomic E-state index is 0.437. The molecule has 7 heteroatoms. The molecule has 176 valence electrons. The van der Waals surface area contributed by atoms with Crippen molar-refractivity contribution in [3.05, 3.63) is 117 Å². The van der Waals surface area contributed by atoms with E-state index in [0.29, 0.717) is 18.0 Å². The number of hydrogen-bond donors (Lipinski definition) is 0. The number of benzene rings is 3. The van der Waals surface area contributed by atoms with Gasteiger partial charge in [0.2, 0.25) is 0 Å². The molecule has 0 aliphatic carbocycles. The smallest absolute Gasteiger partial charge is 0.160 e. The zero-order chi connectivity index (χ0) is 25.1. The van der Waals surface area contributed by atoms with E-state index in [0.717, 1.165) is 54.7 Å². The Morgan fingerprint density at radius 3 is 2.42 bits per heavy atom. The molecule has 0 bridgehead atoms. The van der Waals surface area contributed by atoms with Crippen LogP contribution in [0, 0.1) is 13.8 Å². The number of aromatic nitrogens is 2. The molecular formula is C29H22BrN5O. The maximum atomic E-state index is 9.03. The van der Waals surface area contributed by atoms with Crippen LogP contribution in [0.5, 0.6) is 5.75 Å². The molecular weight excluding hydrogens is 514 g/mol. The maximum Gasteiger partial charge on any atom is 0.160 e. The number of azide groups is 1. The summed E-state index contributed by atoms with van der Waals surface area (Å²) in [6.45, 7) is 4.44. The molecule has 0 unspecified atom stereocenters. The third kappa shape index (κ3) is 4.67. The minimum Gasteiger partial charge on any atom is -0.485 e. The summed E-state index contributed by atoms with van der Waals surface area (Å²) in [7, 11) is 0. The number of hydrogen-bond acceptors (Lipinski definition) is 4. The molecule has 5 aromatic rings. The monoisotopic (exact) mass is 535 g/mol. The summed E-state index contributed by atoms with van der Waals surface area (Å²) in [5.41, 5.74) is 16.6.